The van der Waals surface area contributed by atoms with E-state index in [1.807, 2.05) is 78.1 Å². The van der Waals surface area contributed by atoms with Crippen LogP contribution in [0.1, 0.15) is 20.7 Å². The van der Waals surface area contributed by atoms with E-state index < -0.39 is 11.9 Å². The molecule has 0 saturated heterocycles. The van der Waals surface area contributed by atoms with E-state index in [1.165, 1.54) is 35.5 Å². The SMILES string of the molecule is COC(=O)c1c(OC)cc(-c2cnc3cc(-c4cnn(C)c4)ccn23)cc1OC.COc1cc(-c2cnc3cc(-c4cnn(C)c4)ccn23)cc(OC)c1C(=O)O. The van der Waals surface area contributed by atoms with Gasteiger partial charge < -0.3 is 28.8 Å². The zero-order valence-corrected chi connectivity index (χ0v) is 32.1. The van der Waals surface area contributed by atoms with Gasteiger partial charge in [0.15, 0.2) is 0 Å². The molecule has 6 aromatic heterocycles. The van der Waals surface area contributed by atoms with Gasteiger partial charge >= 0.3 is 11.9 Å². The molecular formula is C41H38N8O8. The lowest BCUT2D eigenvalue weighted by atomic mass is 10.1. The number of aromatic nitrogens is 8. The number of carbonyl (C=O) groups is 2. The number of imidazole rings is 2. The van der Waals surface area contributed by atoms with E-state index in [-0.39, 0.29) is 22.6 Å². The summed E-state index contributed by atoms with van der Waals surface area (Å²) < 4.78 is 33.7. The average Bonchev–Trinajstić information content (AvgIpc) is 4.06. The maximum Gasteiger partial charge on any atom is 0.345 e. The van der Waals surface area contributed by atoms with Crippen LogP contribution in [0.3, 0.4) is 0 Å². The highest BCUT2D eigenvalue weighted by Gasteiger charge is 2.23. The van der Waals surface area contributed by atoms with Crippen LogP contribution in [0.15, 0.2) is 98.1 Å². The fourth-order valence-corrected chi connectivity index (χ4v) is 6.52. The first-order valence-electron chi connectivity index (χ1n) is 17.3. The van der Waals surface area contributed by atoms with Crippen molar-refractivity contribution in [1.29, 1.82) is 0 Å². The third-order valence-electron chi connectivity index (χ3n) is 9.31. The summed E-state index contributed by atoms with van der Waals surface area (Å²) in [7, 11) is 10.9. The molecule has 8 rings (SSSR count). The fraction of sp³-hybridized carbons (Fsp3) is 0.171. The second-order valence-corrected chi connectivity index (χ2v) is 12.7. The second kappa shape index (κ2) is 15.6. The highest BCUT2D eigenvalue weighted by molar-refractivity contribution is 5.97. The molecule has 0 aliphatic carbocycles. The summed E-state index contributed by atoms with van der Waals surface area (Å²) in [5.74, 6) is -0.446. The summed E-state index contributed by atoms with van der Waals surface area (Å²) >= 11 is 0. The molecular weight excluding hydrogens is 732 g/mol. The number of carboxylic acids is 1. The van der Waals surface area contributed by atoms with Crippen molar-refractivity contribution in [3.63, 3.8) is 0 Å². The quantitative estimate of drug-likeness (QED) is 0.154. The molecule has 8 aromatic rings. The molecule has 0 bridgehead atoms. The Morgan fingerprint density at radius 2 is 0.947 bits per heavy atom. The Balaban J connectivity index is 0.000000174. The molecule has 57 heavy (non-hydrogen) atoms. The molecule has 0 aliphatic heterocycles. The number of carboxylic acid groups (broad SMARTS) is 1. The molecule has 0 amide bonds. The van der Waals surface area contributed by atoms with Crippen LogP contribution >= 0.6 is 0 Å². The number of aromatic carboxylic acids is 1. The van der Waals surface area contributed by atoms with Gasteiger partial charge in [-0.1, -0.05) is 0 Å². The van der Waals surface area contributed by atoms with Crippen molar-refractivity contribution in [2.24, 2.45) is 14.1 Å². The molecule has 0 unspecified atom stereocenters. The van der Waals surface area contributed by atoms with E-state index in [0.717, 1.165) is 56.1 Å². The van der Waals surface area contributed by atoms with Crippen LogP contribution < -0.4 is 18.9 Å². The van der Waals surface area contributed by atoms with E-state index in [4.69, 9.17) is 23.7 Å². The molecule has 290 valence electrons. The molecule has 0 aliphatic rings. The lowest BCUT2D eigenvalue weighted by Crippen LogP contribution is -2.07. The summed E-state index contributed by atoms with van der Waals surface area (Å²) in [4.78, 5) is 32.7. The Kier molecular flexibility index (Phi) is 10.3. The summed E-state index contributed by atoms with van der Waals surface area (Å²) in [6.07, 6.45) is 14.9. The maximum absolute atomic E-state index is 12.2. The summed E-state index contributed by atoms with van der Waals surface area (Å²) in [6.45, 7) is 0. The van der Waals surface area contributed by atoms with E-state index >= 15 is 0 Å². The molecule has 2 aromatic carbocycles. The van der Waals surface area contributed by atoms with Gasteiger partial charge in [0.2, 0.25) is 0 Å². The van der Waals surface area contributed by atoms with Gasteiger partial charge in [-0.25, -0.2) is 19.6 Å². The second-order valence-electron chi connectivity index (χ2n) is 12.7. The van der Waals surface area contributed by atoms with E-state index in [1.54, 1.807) is 52.2 Å². The molecule has 16 heteroatoms. The van der Waals surface area contributed by atoms with Gasteiger partial charge in [0.1, 0.15) is 45.4 Å². The number of hydrogen-bond donors (Lipinski definition) is 1. The monoisotopic (exact) mass is 770 g/mol. The number of aryl methyl sites for hydroxylation is 2. The number of benzene rings is 2. The van der Waals surface area contributed by atoms with Crippen molar-refractivity contribution >= 4 is 23.2 Å². The van der Waals surface area contributed by atoms with E-state index in [0.29, 0.717) is 11.5 Å². The highest BCUT2D eigenvalue weighted by atomic mass is 16.5. The zero-order chi connectivity index (χ0) is 40.4. The van der Waals surface area contributed by atoms with Gasteiger partial charge in [-0.3, -0.25) is 18.2 Å². The molecule has 6 heterocycles. The highest BCUT2D eigenvalue weighted by Crippen LogP contribution is 2.37. The standard InChI is InChI=1S/C21H20N4O4.C20H18N4O4/c1-24-12-15(10-23-24)13-5-6-25-16(11-22-19(25)9-13)14-7-17(27-2)20(21(26)29-4)18(8-14)28-3;1-23-11-14(9-22-23)12-4-5-24-15(10-21-18(24)8-12)13-6-16(27-2)19(20(25)26)17(7-13)28-3/h5-12H,1-4H3;4-11H,1-3H3,(H,25,26). The maximum atomic E-state index is 12.2. The van der Waals surface area contributed by atoms with Crippen LogP contribution in [0.5, 0.6) is 23.0 Å². The number of ether oxygens (including phenoxy) is 5. The molecule has 0 radical (unpaired) electrons. The van der Waals surface area contributed by atoms with Gasteiger partial charge in [0.05, 0.1) is 71.7 Å². The van der Waals surface area contributed by atoms with Crippen molar-refractivity contribution in [2.75, 3.05) is 35.5 Å². The fourth-order valence-electron chi connectivity index (χ4n) is 6.52. The number of hydrogen-bond acceptors (Lipinski definition) is 11. The first kappa shape index (κ1) is 37.7. The largest absolute Gasteiger partial charge is 0.496 e. The number of esters is 1. The zero-order valence-electron chi connectivity index (χ0n) is 32.1. The Bertz CT molecular complexity index is 2730. The number of fused-ring (bicyclic) bond motifs is 2. The van der Waals surface area contributed by atoms with Crippen LogP contribution in [-0.2, 0) is 18.8 Å². The van der Waals surface area contributed by atoms with Crippen molar-refractivity contribution in [2.45, 2.75) is 0 Å². The third-order valence-corrected chi connectivity index (χ3v) is 9.31. The summed E-state index contributed by atoms with van der Waals surface area (Å²) in [6, 6.07) is 14.8. The molecule has 1 N–H and O–H groups in total. The average molecular weight is 771 g/mol. The van der Waals surface area contributed by atoms with Gasteiger partial charge in [-0.15, -0.1) is 0 Å². The predicted octanol–water partition coefficient (Wildman–Crippen LogP) is 6.32. The number of carbonyl (C=O) groups excluding carboxylic acids is 1. The molecule has 16 nitrogen and oxygen atoms in total. The van der Waals surface area contributed by atoms with Crippen LogP contribution in [-0.4, -0.2) is 90.9 Å². The number of rotatable bonds is 10. The topological polar surface area (TPSA) is 171 Å². The first-order valence-corrected chi connectivity index (χ1v) is 17.3. The minimum Gasteiger partial charge on any atom is -0.496 e. The first-order chi connectivity index (χ1) is 27.6. The predicted molar refractivity (Wildman–Crippen MR) is 210 cm³/mol. The smallest absolute Gasteiger partial charge is 0.345 e. The molecule has 0 saturated carbocycles. The van der Waals surface area contributed by atoms with Crippen LogP contribution in [0.2, 0.25) is 0 Å². The number of pyridine rings is 2. The van der Waals surface area contributed by atoms with Crippen molar-refractivity contribution in [1.82, 2.24) is 38.3 Å². The van der Waals surface area contributed by atoms with Gasteiger partial charge in [-0.05, 0) is 59.7 Å². The van der Waals surface area contributed by atoms with Crippen LogP contribution in [0.4, 0.5) is 0 Å². The Morgan fingerprint density at radius 3 is 1.28 bits per heavy atom. The van der Waals surface area contributed by atoms with Crippen molar-refractivity contribution in [3.05, 3.63) is 109 Å². The lowest BCUT2D eigenvalue weighted by Gasteiger charge is -2.14. The molecule has 0 atom stereocenters. The normalized spacial score (nSPS) is 10.9. The number of methoxy groups -OCH3 is 5. The number of nitrogens with zero attached hydrogens (tertiary/aromatic N) is 8. The van der Waals surface area contributed by atoms with Gasteiger partial charge in [0, 0.05) is 61.1 Å². The molecule has 0 spiro atoms. The Hall–Kier alpha value is -7.62. The van der Waals surface area contributed by atoms with Crippen LogP contribution in [0, 0.1) is 0 Å². The Morgan fingerprint density at radius 1 is 0.544 bits per heavy atom. The third kappa shape index (κ3) is 7.18. The minimum atomic E-state index is -1.11. The van der Waals surface area contributed by atoms with Gasteiger partial charge in [0.25, 0.3) is 0 Å². The lowest BCUT2D eigenvalue weighted by molar-refractivity contribution is 0.0592. The Labute approximate surface area is 326 Å². The van der Waals surface area contributed by atoms with Crippen molar-refractivity contribution in [3.8, 4) is 67.8 Å². The van der Waals surface area contributed by atoms with E-state index in [9.17, 15) is 14.7 Å². The molecule has 0 fully saturated rings. The van der Waals surface area contributed by atoms with E-state index in [2.05, 4.69) is 20.2 Å². The summed E-state index contributed by atoms with van der Waals surface area (Å²) in [5, 5.41) is 17.9. The summed E-state index contributed by atoms with van der Waals surface area (Å²) in [5.41, 5.74) is 9.01. The minimum absolute atomic E-state index is 0.0126. The van der Waals surface area contributed by atoms with Crippen LogP contribution in [0.25, 0.3) is 56.1 Å². The van der Waals surface area contributed by atoms with Crippen molar-refractivity contribution < 1.29 is 38.4 Å². The van der Waals surface area contributed by atoms with Gasteiger partial charge in [-0.2, -0.15) is 10.2 Å².